The van der Waals surface area contributed by atoms with Crippen LogP contribution in [0.15, 0.2) is 48.5 Å². The molecule has 1 fully saturated rings. The second-order valence-electron chi connectivity index (χ2n) is 13.2. The van der Waals surface area contributed by atoms with E-state index in [1.165, 1.54) is 0 Å². The number of ether oxygens (including phenoxy) is 1. The zero-order chi connectivity index (χ0) is 32.2. The van der Waals surface area contributed by atoms with E-state index in [4.69, 9.17) is 4.74 Å². The molecule has 2 aromatic carbocycles. The van der Waals surface area contributed by atoms with Gasteiger partial charge in [-0.05, 0) is 74.0 Å². The minimum absolute atomic E-state index is 0.0240. The highest BCUT2D eigenvalue weighted by atomic mass is 16.5. The summed E-state index contributed by atoms with van der Waals surface area (Å²) in [4.78, 5) is 41.3. The summed E-state index contributed by atoms with van der Waals surface area (Å²) < 4.78 is 5.90. The number of aryl methyl sites for hydroxylation is 2. The van der Waals surface area contributed by atoms with Crippen LogP contribution in [-0.2, 0) is 16.0 Å². The Morgan fingerprint density at radius 2 is 1.68 bits per heavy atom. The molecule has 2 aromatic rings. The Hall–Kier alpha value is -3.39. The first-order chi connectivity index (χ1) is 21.0. The number of amides is 3. The van der Waals surface area contributed by atoms with Crippen LogP contribution in [0.25, 0.3) is 0 Å². The molecule has 1 aliphatic rings. The molecule has 0 aromatic heterocycles. The summed E-state index contributed by atoms with van der Waals surface area (Å²) in [5.41, 5.74) is 2.91. The molecule has 8 heteroatoms. The second-order valence-corrected chi connectivity index (χ2v) is 13.2. The third kappa shape index (κ3) is 10.7. The van der Waals surface area contributed by atoms with Gasteiger partial charge in [0.2, 0.25) is 0 Å². The summed E-state index contributed by atoms with van der Waals surface area (Å²) >= 11 is 0. The van der Waals surface area contributed by atoms with Crippen LogP contribution in [0.2, 0.25) is 0 Å². The van der Waals surface area contributed by atoms with E-state index in [1.807, 2.05) is 76.2 Å². The van der Waals surface area contributed by atoms with Crippen LogP contribution in [0.4, 0.5) is 4.79 Å². The van der Waals surface area contributed by atoms with Crippen molar-refractivity contribution in [3.63, 3.8) is 0 Å². The van der Waals surface area contributed by atoms with Crippen molar-refractivity contribution in [2.45, 2.75) is 98.3 Å². The van der Waals surface area contributed by atoms with Crippen LogP contribution >= 0.6 is 0 Å². The molecule has 3 rings (SSSR count). The zero-order valence-corrected chi connectivity index (χ0v) is 27.5. The number of urea groups is 1. The molecule has 4 atom stereocenters. The molecule has 0 radical (unpaired) electrons. The summed E-state index contributed by atoms with van der Waals surface area (Å²) in [7, 11) is 0. The number of nitrogens with zero attached hydrogens (tertiary/aromatic N) is 1. The van der Waals surface area contributed by atoms with E-state index >= 15 is 0 Å². The maximum atomic E-state index is 13.8. The minimum atomic E-state index is -0.875. The van der Waals surface area contributed by atoms with Crippen LogP contribution in [0.5, 0.6) is 5.75 Å². The molecule has 3 N–H and O–H groups in total. The van der Waals surface area contributed by atoms with Gasteiger partial charge in [-0.1, -0.05) is 82.6 Å². The number of carbonyl (C=O) groups excluding carboxylic acids is 3. The molecule has 0 spiro atoms. The van der Waals surface area contributed by atoms with Gasteiger partial charge in [-0.25, -0.2) is 4.79 Å². The molecule has 0 saturated carbocycles. The maximum Gasteiger partial charge on any atom is 0.318 e. The predicted molar refractivity (Wildman–Crippen MR) is 175 cm³/mol. The first-order valence-corrected chi connectivity index (χ1v) is 16.2. The second kappa shape index (κ2) is 17.2. The van der Waals surface area contributed by atoms with Crippen molar-refractivity contribution >= 4 is 17.7 Å². The standard InChI is InChI=1S/C36H53N3O5/c1-24(2)16-17-29(22-32(41)34(25(3)4)39-19-11-18-37-36(39)43)21-31(40)30(20-28-14-8-7-9-15-28)38-33(42)23-44-35-26(5)12-10-13-27(35)6/h7-10,12-15,24-25,29-31,34,40H,11,16-23H2,1-6H3,(H,37,43)(H,38,42)/t29-,30-,31-,34-/m0/s1. The SMILES string of the molecule is Cc1cccc(C)c1OCC(=O)N[C@@H](Cc1ccccc1)[C@@H](O)C[C@H](CCC(C)C)CC(=O)[C@H](C(C)C)N1CCCNC1=O. The first-order valence-electron chi connectivity index (χ1n) is 16.2. The highest BCUT2D eigenvalue weighted by molar-refractivity contribution is 5.89. The van der Waals surface area contributed by atoms with Crippen molar-refractivity contribution < 1.29 is 24.2 Å². The summed E-state index contributed by atoms with van der Waals surface area (Å²) in [6, 6.07) is 14.4. The summed E-state index contributed by atoms with van der Waals surface area (Å²) in [5.74, 6) is 0.749. The van der Waals surface area contributed by atoms with E-state index in [0.29, 0.717) is 37.6 Å². The molecule has 1 saturated heterocycles. The summed E-state index contributed by atoms with van der Waals surface area (Å²) in [5, 5.41) is 17.6. The molecule has 0 aliphatic carbocycles. The predicted octanol–water partition coefficient (Wildman–Crippen LogP) is 5.61. The lowest BCUT2D eigenvalue weighted by Crippen LogP contribution is -2.55. The van der Waals surface area contributed by atoms with Crippen LogP contribution < -0.4 is 15.4 Å². The van der Waals surface area contributed by atoms with Crippen LogP contribution in [0, 0.1) is 31.6 Å². The normalized spacial score (nSPS) is 16.3. The number of carbonyl (C=O) groups is 3. The van der Waals surface area contributed by atoms with E-state index in [9.17, 15) is 19.5 Å². The average Bonchev–Trinajstić information content (AvgIpc) is 2.96. The number of nitrogens with one attached hydrogen (secondary N) is 2. The fraction of sp³-hybridized carbons (Fsp3) is 0.583. The molecule has 1 aliphatic heterocycles. The molecule has 3 amide bonds. The van der Waals surface area contributed by atoms with E-state index in [-0.39, 0.29) is 42.6 Å². The van der Waals surface area contributed by atoms with Gasteiger partial charge in [-0.15, -0.1) is 0 Å². The van der Waals surface area contributed by atoms with Gasteiger partial charge in [-0.2, -0.15) is 0 Å². The van der Waals surface area contributed by atoms with E-state index in [1.54, 1.807) is 4.90 Å². The average molecular weight is 608 g/mol. The monoisotopic (exact) mass is 607 g/mol. The van der Waals surface area contributed by atoms with Gasteiger partial charge >= 0.3 is 6.03 Å². The number of rotatable bonds is 17. The largest absolute Gasteiger partial charge is 0.483 e. The Morgan fingerprint density at radius 1 is 1.00 bits per heavy atom. The number of ketones is 1. The fourth-order valence-corrected chi connectivity index (χ4v) is 6.17. The van der Waals surface area contributed by atoms with Crippen molar-refractivity contribution in [3.8, 4) is 5.75 Å². The highest BCUT2D eigenvalue weighted by Crippen LogP contribution is 2.27. The van der Waals surface area contributed by atoms with Gasteiger partial charge in [0.25, 0.3) is 5.91 Å². The van der Waals surface area contributed by atoms with Gasteiger partial charge in [0.05, 0.1) is 18.2 Å². The summed E-state index contributed by atoms with van der Waals surface area (Å²) in [6.45, 7) is 13.2. The number of benzene rings is 2. The Labute approximate surface area is 263 Å². The maximum absolute atomic E-state index is 13.8. The van der Waals surface area contributed by atoms with Crippen LogP contribution in [0.1, 0.15) is 76.5 Å². The Kier molecular flexibility index (Phi) is 13.7. The van der Waals surface area contributed by atoms with E-state index in [2.05, 4.69) is 24.5 Å². The van der Waals surface area contributed by atoms with Crippen molar-refractivity contribution in [3.05, 3.63) is 65.2 Å². The number of para-hydroxylation sites is 1. The molecule has 44 heavy (non-hydrogen) atoms. The number of aliphatic hydroxyl groups is 1. The number of hydrogen-bond acceptors (Lipinski definition) is 5. The van der Waals surface area contributed by atoms with Crippen LogP contribution in [0.3, 0.4) is 0 Å². The van der Waals surface area contributed by atoms with Gasteiger partial charge in [-0.3, -0.25) is 9.59 Å². The lowest BCUT2D eigenvalue weighted by Gasteiger charge is -2.37. The third-order valence-electron chi connectivity index (χ3n) is 8.49. The number of aliphatic hydroxyl groups excluding tert-OH is 1. The molecule has 0 bridgehead atoms. The Balaban J connectivity index is 1.75. The molecule has 8 nitrogen and oxygen atoms in total. The molecular formula is C36H53N3O5. The third-order valence-corrected chi connectivity index (χ3v) is 8.49. The van der Waals surface area contributed by atoms with Gasteiger partial charge in [0.15, 0.2) is 12.4 Å². The minimum Gasteiger partial charge on any atom is -0.483 e. The molecule has 0 unspecified atom stereocenters. The topological polar surface area (TPSA) is 108 Å². The molecule has 242 valence electrons. The Bertz CT molecular complexity index is 1200. The number of hydrogen-bond donors (Lipinski definition) is 3. The smallest absolute Gasteiger partial charge is 0.318 e. The lowest BCUT2D eigenvalue weighted by atomic mass is 9.83. The van der Waals surface area contributed by atoms with Crippen molar-refractivity contribution in [1.82, 2.24) is 15.5 Å². The van der Waals surface area contributed by atoms with Crippen molar-refractivity contribution in [1.29, 1.82) is 0 Å². The van der Waals surface area contributed by atoms with Crippen LogP contribution in [-0.4, -0.2) is 65.6 Å². The quantitative estimate of drug-likeness (QED) is 0.217. The van der Waals surface area contributed by atoms with Gasteiger partial charge in [0.1, 0.15) is 5.75 Å². The molecule has 1 heterocycles. The lowest BCUT2D eigenvalue weighted by molar-refractivity contribution is -0.127. The highest BCUT2D eigenvalue weighted by Gasteiger charge is 2.35. The number of Topliss-reactive ketones (excluding diaryl/α,β-unsaturated/α-hetero) is 1. The van der Waals surface area contributed by atoms with E-state index in [0.717, 1.165) is 36.0 Å². The van der Waals surface area contributed by atoms with Crippen molar-refractivity contribution in [2.75, 3.05) is 19.7 Å². The summed E-state index contributed by atoms with van der Waals surface area (Å²) in [6.07, 6.45) is 2.72. The zero-order valence-electron chi connectivity index (χ0n) is 27.5. The van der Waals surface area contributed by atoms with E-state index < -0.39 is 18.2 Å². The molecular weight excluding hydrogens is 554 g/mol. The van der Waals surface area contributed by atoms with Gasteiger partial charge < -0.3 is 25.4 Å². The fourth-order valence-electron chi connectivity index (χ4n) is 6.17. The first kappa shape index (κ1) is 35.1. The Morgan fingerprint density at radius 3 is 2.30 bits per heavy atom. The van der Waals surface area contributed by atoms with Gasteiger partial charge in [0, 0.05) is 19.5 Å². The van der Waals surface area contributed by atoms with Crippen molar-refractivity contribution in [2.24, 2.45) is 17.8 Å².